The van der Waals surface area contributed by atoms with E-state index in [1.165, 1.54) is 11.3 Å². The third kappa shape index (κ3) is 1.59. The zero-order chi connectivity index (χ0) is 11.8. The maximum atomic E-state index is 12.0. The Labute approximate surface area is 101 Å². The molecule has 0 fully saturated rings. The van der Waals surface area contributed by atoms with Gasteiger partial charge in [0.25, 0.3) is 5.56 Å². The van der Waals surface area contributed by atoms with Crippen molar-refractivity contribution in [1.29, 1.82) is 0 Å². The van der Waals surface area contributed by atoms with Gasteiger partial charge in [-0.3, -0.25) is 4.79 Å². The number of nitrogens with one attached hydrogen (secondary N) is 1. The van der Waals surface area contributed by atoms with Crippen LogP contribution in [0.25, 0.3) is 21.5 Å². The van der Waals surface area contributed by atoms with E-state index in [9.17, 15) is 4.79 Å². The summed E-state index contributed by atoms with van der Waals surface area (Å²) >= 11 is 1.46. The van der Waals surface area contributed by atoms with Crippen LogP contribution in [0.15, 0.2) is 33.0 Å². The largest absolute Gasteiger partial charge is 0.464 e. The molecule has 0 saturated carbocycles. The second-order valence-corrected chi connectivity index (χ2v) is 4.53. The molecule has 0 aliphatic rings. The van der Waals surface area contributed by atoms with Gasteiger partial charge in [0, 0.05) is 17.4 Å². The molecule has 3 rings (SSSR count). The Kier molecular flexibility index (Phi) is 2.33. The molecule has 0 bridgehead atoms. The first-order chi connectivity index (χ1) is 8.29. The van der Waals surface area contributed by atoms with Crippen LogP contribution in [0.4, 0.5) is 0 Å². The molecule has 1 N–H and O–H groups in total. The average Bonchev–Trinajstić information content (AvgIpc) is 2.96. The molecule has 5 heteroatoms. The van der Waals surface area contributed by atoms with Crippen LogP contribution in [0, 0.1) is 0 Å². The molecule has 4 nitrogen and oxygen atoms in total. The van der Waals surface area contributed by atoms with Gasteiger partial charge < -0.3 is 9.40 Å². The first-order valence-corrected chi connectivity index (χ1v) is 6.22. The molecule has 0 saturated heterocycles. The number of furan rings is 1. The summed E-state index contributed by atoms with van der Waals surface area (Å²) in [5, 5.41) is 2.52. The monoisotopic (exact) mass is 246 g/mol. The van der Waals surface area contributed by atoms with Crippen LogP contribution in [0.3, 0.4) is 0 Å². The van der Waals surface area contributed by atoms with Crippen LogP contribution in [-0.2, 0) is 6.42 Å². The first-order valence-electron chi connectivity index (χ1n) is 5.34. The van der Waals surface area contributed by atoms with E-state index in [4.69, 9.17) is 4.42 Å². The summed E-state index contributed by atoms with van der Waals surface area (Å²) < 4.78 is 5.32. The van der Waals surface area contributed by atoms with Crippen molar-refractivity contribution in [2.75, 3.05) is 0 Å². The summed E-state index contributed by atoms with van der Waals surface area (Å²) in [6, 6.07) is 3.65. The lowest BCUT2D eigenvalue weighted by Gasteiger charge is -1.97. The molecule has 3 aromatic heterocycles. The second kappa shape index (κ2) is 3.85. The van der Waals surface area contributed by atoms with E-state index in [1.54, 1.807) is 12.3 Å². The van der Waals surface area contributed by atoms with E-state index in [-0.39, 0.29) is 5.56 Å². The van der Waals surface area contributed by atoms with Gasteiger partial charge in [-0.1, -0.05) is 6.92 Å². The van der Waals surface area contributed by atoms with Crippen LogP contribution in [-0.4, -0.2) is 9.97 Å². The Hall–Kier alpha value is -1.88. The summed E-state index contributed by atoms with van der Waals surface area (Å²) in [5.74, 6) is 1.42. The molecule has 0 atom stereocenters. The Morgan fingerprint density at radius 3 is 3.12 bits per heavy atom. The third-order valence-electron chi connectivity index (χ3n) is 2.61. The molecule has 86 valence electrons. The van der Waals surface area contributed by atoms with Crippen LogP contribution in [0.2, 0.25) is 0 Å². The van der Waals surface area contributed by atoms with E-state index < -0.39 is 0 Å². The van der Waals surface area contributed by atoms with Gasteiger partial charge in [-0.2, -0.15) is 0 Å². The normalized spacial score (nSPS) is 11.1. The SMILES string of the molecule is CCc1nc2scc(-c3ccco3)c2c(=O)[nH]1. The van der Waals surface area contributed by atoms with Crippen molar-refractivity contribution in [1.82, 2.24) is 9.97 Å². The molecule has 3 heterocycles. The number of aryl methyl sites for hydroxylation is 1. The van der Waals surface area contributed by atoms with Crippen molar-refractivity contribution in [3.05, 3.63) is 40.0 Å². The molecule has 3 aromatic rings. The standard InChI is InChI=1S/C12H10N2O2S/c1-2-9-13-11(15)10-7(6-17-12(10)14-9)8-4-3-5-16-8/h3-6H,2H2,1H3,(H,13,14,15). The summed E-state index contributed by atoms with van der Waals surface area (Å²) in [4.78, 5) is 20.0. The fraction of sp³-hybridized carbons (Fsp3) is 0.167. The number of aromatic amines is 1. The van der Waals surface area contributed by atoms with Gasteiger partial charge in [0.15, 0.2) is 0 Å². The van der Waals surface area contributed by atoms with Crippen LogP contribution in [0.5, 0.6) is 0 Å². The summed E-state index contributed by atoms with van der Waals surface area (Å²) in [7, 11) is 0. The second-order valence-electron chi connectivity index (χ2n) is 3.67. The number of H-pyrrole nitrogens is 1. The molecule has 0 unspecified atom stereocenters. The highest BCUT2D eigenvalue weighted by Crippen LogP contribution is 2.30. The minimum absolute atomic E-state index is 0.0977. The average molecular weight is 246 g/mol. The number of fused-ring (bicyclic) bond motifs is 1. The van der Waals surface area contributed by atoms with E-state index in [2.05, 4.69) is 9.97 Å². The zero-order valence-electron chi connectivity index (χ0n) is 9.19. The van der Waals surface area contributed by atoms with Gasteiger partial charge >= 0.3 is 0 Å². The Morgan fingerprint density at radius 2 is 2.41 bits per heavy atom. The van der Waals surface area contributed by atoms with Crippen molar-refractivity contribution in [3.8, 4) is 11.3 Å². The number of aromatic nitrogens is 2. The predicted molar refractivity (Wildman–Crippen MR) is 67.3 cm³/mol. The first kappa shape index (κ1) is 10.3. The highest BCUT2D eigenvalue weighted by atomic mass is 32.1. The molecule has 0 aromatic carbocycles. The number of hydrogen-bond donors (Lipinski definition) is 1. The quantitative estimate of drug-likeness (QED) is 0.756. The summed E-state index contributed by atoms with van der Waals surface area (Å²) in [5.41, 5.74) is 0.714. The van der Waals surface area contributed by atoms with Gasteiger partial charge in [0.2, 0.25) is 0 Å². The molecule has 0 aliphatic heterocycles. The minimum Gasteiger partial charge on any atom is -0.464 e. The highest BCUT2D eigenvalue weighted by molar-refractivity contribution is 7.17. The molecule has 0 amide bonds. The Balaban J connectivity index is 2.33. The fourth-order valence-electron chi connectivity index (χ4n) is 1.77. The topological polar surface area (TPSA) is 58.9 Å². The summed E-state index contributed by atoms with van der Waals surface area (Å²) in [6.45, 7) is 1.96. The van der Waals surface area contributed by atoms with Gasteiger partial charge in [-0.25, -0.2) is 4.98 Å². The lowest BCUT2D eigenvalue weighted by molar-refractivity contribution is 0.583. The number of rotatable bonds is 2. The van der Waals surface area contributed by atoms with E-state index in [1.807, 2.05) is 18.4 Å². The van der Waals surface area contributed by atoms with Crippen LogP contribution < -0.4 is 5.56 Å². The number of hydrogen-bond acceptors (Lipinski definition) is 4. The Bertz CT molecular complexity index is 710. The van der Waals surface area contributed by atoms with Gasteiger partial charge in [0.1, 0.15) is 16.4 Å². The summed E-state index contributed by atoms with van der Waals surface area (Å²) in [6.07, 6.45) is 2.32. The highest BCUT2D eigenvalue weighted by Gasteiger charge is 2.13. The van der Waals surface area contributed by atoms with Gasteiger partial charge in [-0.15, -0.1) is 11.3 Å². The van der Waals surface area contributed by atoms with Crippen molar-refractivity contribution in [2.24, 2.45) is 0 Å². The molecular weight excluding hydrogens is 236 g/mol. The fourth-order valence-corrected chi connectivity index (χ4v) is 2.72. The van der Waals surface area contributed by atoms with Gasteiger partial charge in [-0.05, 0) is 12.1 Å². The minimum atomic E-state index is -0.0977. The number of thiophene rings is 1. The van der Waals surface area contributed by atoms with Crippen molar-refractivity contribution >= 4 is 21.6 Å². The van der Waals surface area contributed by atoms with E-state index in [0.29, 0.717) is 11.1 Å². The smallest absolute Gasteiger partial charge is 0.260 e. The Morgan fingerprint density at radius 1 is 1.53 bits per heavy atom. The number of nitrogens with zero attached hydrogens (tertiary/aromatic N) is 1. The third-order valence-corrected chi connectivity index (χ3v) is 3.49. The zero-order valence-corrected chi connectivity index (χ0v) is 10.0. The molecule has 0 spiro atoms. The van der Waals surface area contributed by atoms with Crippen molar-refractivity contribution in [3.63, 3.8) is 0 Å². The maximum Gasteiger partial charge on any atom is 0.260 e. The lowest BCUT2D eigenvalue weighted by atomic mass is 10.2. The molecule has 0 aliphatic carbocycles. The van der Waals surface area contributed by atoms with E-state index >= 15 is 0 Å². The van der Waals surface area contributed by atoms with Crippen LogP contribution >= 0.6 is 11.3 Å². The van der Waals surface area contributed by atoms with Crippen LogP contribution in [0.1, 0.15) is 12.7 Å². The molecule has 0 radical (unpaired) electrons. The van der Waals surface area contributed by atoms with Crippen molar-refractivity contribution < 1.29 is 4.42 Å². The molecule has 17 heavy (non-hydrogen) atoms. The van der Waals surface area contributed by atoms with Gasteiger partial charge in [0.05, 0.1) is 11.6 Å². The van der Waals surface area contributed by atoms with Crippen molar-refractivity contribution in [2.45, 2.75) is 13.3 Å². The predicted octanol–water partition coefficient (Wildman–Crippen LogP) is 2.81. The lowest BCUT2D eigenvalue weighted by Crippen LogP contribution is -2.10. The maximum absolute atomic E-state index is 12.0. The van der Waals surface area contributed by atoms with E-state index in [0.717, 1.165) is 22.6 Å². The molecular formula is C12H10N2O2S.